The van der Waals surface area contributed by atoms with E-state index in [2.05, 4.69) is 5.32 Å². The topological polar surface area (TPSA) is 12.0 Å². The number of nitrogens with one attached hydrogen (secondary N) is 1. The molecule has 0 saturated heterocycles. The van der Waals surface area contributed by atoms with Crippen LogP contribution in [0.4, 0.5) is 13.2 Å². The lowest BCUT2D eigenvalue weighted by atomic mass is 9.97. The second-order valence-corrected chi connectivity index (χ2v) is 4.92. The molecule has 1 nitrogen and oxygen atoms in total. The second kappa shape index (κ2) is 5.85. The van der Waals surface area contributed by atoms with Crippen LogP contribution >= 0.6 is 11.6 Å². The first-order valence-corrected chi connectivity index (χ1v) is 6.39. The van der Waals surface area contributed by atoms with Crippen molar-refractivity contribution in [1.29, 1.82) is 0 Å². The largest absolute Gasteiger partial charge is 0.309 e. The van der Waals surface area contributed by atoms with Crippen LogP contribution in [0, 0.1) is 24.4 Å². The molecule has 2 rings (SSSR count). The number of halogens is 4. The molecule has 0 aliphatic heterocycles. The van der Waals surface area contributed by atoms with Crippen LogP contribution in [-0.4, -0.2) is 7.05 Å². The fraction of sp³-hybridized carbons (Fsp3) is 0.200. The van der Waals surface area contributed by atoms with Gasteiger partial charge in [-0.1, -0.05) is 17.7 Å². The highest BCUT2D eigenvalue weighted by molar-refractivity contribution is 6.31. The third-order valence-corrected chi connectivity index (χ3v) is 3.48. The van der Waals surface area contributed by atoms with Gasteiger partial charge in [0.25, 0.3) is 0 Å². The van der Waals surface area contributed by atoms with E-state index in [4.69, 9.17) is 11.6 Å². The zero-order valence-electron chi connectivity index (χ0n) is 11.0. The molecule has 5 heteroatoms. The van der Waals surface area contributed by atoms with Crippen molar-refractivity contribution in [2.24, 2.45) is 0 Å². The van der Waals surface area contributed by atoms with Gasteiger partial charge in [0, 0.05) is 10.6 Å². The van der Waals surface area contributed by atoms with E-state index < -0.39 is 23.5 Å². The molecular weight excluding hydrogens is 287 g/mol. The van der Waals surface area contributed by atoms with Gasteiger partial charge in [-0.25, -0.2) is 13.2 Å². The molecule has 0 aromatic heterocycles. The first kappa shape index (κ1) is 14.9. The third-order valence-electron chi connectivity index (χ3n) is 3.15. The van der Waals surface area contributed by atoms with Gasteiger partial charge in [0.2, 0.25) is 0 Å². The van der Waals surface area contributed by atoms with E-state index in [9.17, 15) is 13.2 Å². The molecule has 0 aliphatic carbocycles. The first-order valence-electron chi connectivity index (χ1n) is 6.01. The van der Waals surface area contributed by atoms with E-state index in [1.54, 1.807) is 7.05 Å². The minimum absolute atomic E-state index is 0.129. The van der Waals surface area contributed by atoms with Crippen molar-refractivity contribution in [3.05, 3.63) is 69.5 Å². The number of benzene rings is 2. The Balaban J connectivity index is 2.55. The fourth-order valence-electron chi connectivity index (χ4n) is 2.10. The molecule has 0 heterocycles. The maximum Gasteiger partial charge on any atom is 0.128 e. The second-order valence-electron chi connectivity index (χ2n) is 4.51. The minimum atomic E-state index is -0.654. The van der Waals surface area contributed by atoms with E-state index in [1.807, 2.05) is 0 Å². The quantitative estimate of drug-likeness (QED) is 0.887. The Morgan fingerprint density at radius 3 is 2.30 bits per heavy atom. The Kier molecular flexibility index (Phi) is 4.35. The molecule has 1 N–H and O–H groups in total. The normalized spacial score (nSPS) is 12.5. The Labute approximate surface area is 120 Å². The minimum Gasteiger partial charge on any atom is -0.309 e. The summed E-state index contributed by atoms with van der Waals surface area (Å²) in [6.45, 7) is 1.49. The molecule has 1 unspecified atom stereocenters. The molecule has 2 aromatic rings. The van der Waals surface area contributed by atoms with Crippen LogP contribution in [-0.2, 0) is 0 Å². The number of aryl methyl sites for hydroxylation is 1. The van der Waals surface area contributed by atoms with Gasteiger partial charge in [-0.15, -0.1) is 0 Å². The van der Waals surface area contributed by atoms with E-state index in [1.165, 1.54) is 19.1 Å². The lowest BCUT2D eigenvalue weighted by Gasteiger charge is -2.19. The van der Waals surface area contributed by atoms with Crippen LogP contribution < -0.4 is 5.32 Å². The van der Waals surface area contributed by atoms with Gasteiger partial charge in [0.05, 0.1) is 6.04 Å². The summed E-state index contributed by atoms with van der Waals surface area (Å²) in [7, 11) is 1.60. The molecular formula is C15H13ClF3N. The fourth-order valence-corrected chi connectivity index (χ4v) is 2.37. The summed E-state index contributed by atoms with van der Waals surface area (Å²) < 4.78 is 40.8. The highest BCUT2D eigenvalue weighted by Gasteiger charge is 2.20. The van der Waals surface area contributed by atoms with Gasteiger partial charge >= 0.3 is 0 Å². The molecule has 2 aromatic carbocycles. The van der Waals surface area contributed by atoms with E-state index in [0.29, 0.717) is 5.56 Å². The van der Waals surface area contributed by atoms with Crippen molar-refractivity contribution in [2.75, 3.05) is 7.05 Å². The van der Waals surface area contributed by atoms with Crippen LogP contribution in [0.3, 0.4) is 0 Å². The molecule has 0 fully saturated rings. The van der Waals surface area contributed by atoms with Gasteiger partial charge in [-0.2, -0.15) is 0 Å². The Morgan fingerprint density at radius 2 is 1.70 bits per heavy atom. The van der Waals surface area contributed by atoms with E-state index in [-0.39, 0.29) is 16.1 Å². The summed E-state index contributed by atoms with van der Waals surface area (Å²) >= 11 is 5.98. The van der Waals surface area contributed by atoms with Crippen molar-refractivity contribution in [2.45, 2.75) is 13.0 Å². The predicted molar refractivity (Wildman–Crippen MR) is 73.4 cm³/mol. The van der Waals surface area contributed by atoms with Gasteiger partial charge in [0.1, 0.15) is 17.5 Å². The molecule has 0 radical (unpaired) electrons. The van der Waals surface area contributed by atoms with Crippen molar-refractivity contribution >= 4 is 11.6 Å². The molecule has 0 spiro atoms. The van der Waals surface area contributed by atoms with Gasteiger partial charge in [-0.05, 0) is 49.4 Å². The van der Waals surface area contributed by atoms with Crippen molar-refractivity contribution in [1.82, 2.24) is 5.32 Å². The Hall–Kier alpha value is -1.52. The van der Waals surface area contributed by atoms with Crippen LogP contribution in [0.15, 0.2) is 30.3 Å². The smallest absolute Gasteiger partial charge is 0.128 e. The SMILES string of the molecule is CNC(c1cc(F)c(C)cc1F)c1ccc(F)cc1Cl. The molecule has 0 amide bonds. The summed E-state index contributed by atoms with van der Waals surface area (Å²) in [5.41, 5.74) is 0.841. The van der Waals surface area contributed by atoms with Crippen molar-refractivity contribution in [3.8, 4) is 0 Å². The van der Waals surface area contributed by atoms with Crippen LogP contribution in [0.25, 0.3) is 0 Å². The number of hydrogen-bond donors (Lipinski definition) is 1. The standard InChI is InChI=1S/C15H13ClF3N/c1-8-5-14(19)11(7-13(8)18)15(20-2)10-4-3-9(17)6-12(10)16/h3-7,15,20H,1-2H3. The molecule has 106 valence electrons. The zero-order chi connectivity index (χ0) is 14.9. The summed E-state index contributed by atoms with van der Waals surface area (Å²) in [5, 5.41) is 3.03. The predicted octanol–water partition coefficient (Wildman–Crippen LogP) is 4.37. The third kappa shape index (κ3) is 2.81. The van der Waals surface area contributed by atoms with Crippen molar-refractivity contribution in [3.63, 3.8) is 0 Å². The van der Waals surface area contributed by atoms with Crippen LogP contribution in [0.1, 0.15) is 22.7 Å². The monoisotopic (exact) mass is 299 g/mol. The number of rotatable bonds is 3. The average Bonchev–Trinajstić information content (AvgIpc) is 2.38. The average molecular weight is 300 g/mol. The molecule has 0 saturated carbocycles. The lowest BCUT2D eigenvalue weighted by molar-refractivity contribution is 0.553. The summed E-state index contributed by atoms with van der Waals surface area (Å²) in [6, 6.07) is 5.43. The van der Waals surface area contributed by atoms with Gasteiger partial charge in [0.15, 0.2) is 0 Å². The number of hydrogen-bond acceptors (Lipinski definition) is 1. The summed E-state index contributed by atoms with van der Waals surface area (Å²) in [4.78, 5) is 0. The van der Waals surface area contributed by atoms with E-state index in [0.717, 1.165) is 18.2 Å². The zero-order valence-corrected chi connectivity index (χ0v) is 11.7. The van der Waals surface area contributed by atoms with Crippen LogP contribution in [0.5, 0.6) is 0 Å². The maximum absolute atomic E-state index is 14.0. The van der Waals surface area contributed by atoms with Gasteiger partial charge < -0.3 is 5.32 Å². The molecule has 20 heavy (non-hydrogen) atoms. The first-order chi connectivity index (χ1) is 9.43. The highest BCUT2D eigenvalue weighted by atomic mass is 35.5. The lowest BCUT2D eigenvalue weighted by Crippen LogP contribution is -2.20. The van der Waals surface area contributed by atoms with Gasteiger partial charge in [-0.3, -0.25) is 0 Å². The molecule has 0 bridgehead atoms. The highest BCUT2D eigenvalue weighted by Crippen LogP contribution is 2.31. The summed E-state index contributed by atoms with van der Waals surface area (Å²) in [6.07, 6.45) is 0. The summed E-state index contributed by atoms with van der Waals surface area (Å²) in [5.74, 6) is -1.52. The van der Waals surface area contributed by atoms with Crippen LogP contribution in [0.2, 0.25) is 5.02 Å². The van der Waals surface area contributed by atoms with E-state index >= 15 is 0 Å². The molecule has 0 aliphatic rings. The Morgan fingerprint density at radius 1 is 1.00 bits per heavy atom. The Bertz CT molecular complexity index is 643. The molecule has 1 atom stereocenters. The maximum atomic E-state index is 14.0. The van der Waals surface area contributed by atoms with Crippen molar-refractivity contribution < 1.29 is 13.2 Å².